The molecule has 8 nitrogen and oxygen atoms in total. The van der Waals surface area contributed by atoms with Crippen molar-refractivity contribution in [2.45, 2.75) is 47.0 Å². The number of rotatable bonds is 4. The Hall–Kier alpha value is -4.27. The first-order valence-electron chi connectivity index (χ1n) is 11.3. The monoisotopic (exact) mass is 516 g/mol. The van der Waals surface area contributed by atoms with E-state index >= 15 is 0 Å². The van der Waals surface area contributed by atoms with Crippen molar-refractivity contribution in [1.29, 1.82) is 5.26 Å². The molecule has 37 heavy (non-hydrogen) atoms. The highest BCUT2D eigenvalue weighted by Crippen LogP contribution is 2.22. The Labute approximate surface area is 208 Å². The summed E-state index contributed by atoms with van der Waals surface area (Å²) in [5, 5.41) is 9.02. The number of hydrogen-bond donors (Lipinski definition) is 1. The lowest BCUT2D eigenvalue weighted by Crippen LogP contribution is -2.23. The van der Waals surface area contributed by atoms with Gasteiger partial charge in [0.05, 0.1) is 28.6 Å². The van der Waals surface area contributed by atoms with Crippen LogP contribution in [0.2, 0.25) is 0 Å². The normalized spacial score (nSPS) is 11.3. The molecular weight excluding hydrogens is 492 g/mol. The SMILES string of the molecule is CCc1nc2c(F)cc(CC(C)(C)C#N)cn2c(=O)c1F.CCc1nc2c(F)cc(N)cn2c(=O)c1F. The third kappa shape index (κ3) is 5.45. The fourth-order valence-electron chi connectivity index (χ4n) is 3.63. The van der Waals surface area contributed by atoms with E-state index in [1.165, 1.54) is 12.3 Å². The van der Waals surface area contributed by atoms with Crippen LogP contribution in [0.25, 0.3) is 11.3 Å². The van der Waals surface area contributed by atoms with Crippen LogP contribution >= 0.6 is 0 Å². The third-order valence-corrected chi connectivity index (χ3v) is 5.48. The zero-order chi connectivity index (χ0) is 27.7. The first kappa shape index (κ1) is 27.3. The zero-order valence-electron chi connectivity index (χ0n) is 20.6. The van der Waals surface area contributed by atoms with Gasteiger partial charge in [0.1, 0.15) is 0 Å². The number of pyridine rings is 2. The number of anilines is 1. The van der Waals surface area contributed by atoms with Crippen molar-refractivity contribution in [2.75, 3.05) is 5.73 Å². The lowest BCUT2D eigenvalue weighted by molar-refractivity contribution is 0.489. The number of fused-ring (bicyclic) bond motifs is 2. The van der Waals surface area contributed by atoms with Gasteiger partial charge in [-0.25, -0.2) is 18.7 Å². The predicted molar refractivity (Wildman–Crippen MR) is 129 cm³/mol. The molecule has 0 fully saturated rings. The van der Waals surface area contributed by atoms with Gasteiger partial charge in [-0.1, -0.05) is 13.8 Å². The number of halogens is 4. The van der Waals surface area contributed by atoms with E-state index < -0.39 is 39.8 Å². The summed E-state index contributed by atoms with van der Waals surface area (Å²) in [6.07, 6.45) is 3.17. The largest absolute Gasteiger partial charge is 0.397 e. The van der Waals surface area contributed by atoms with Gasteiger partial charge in [0.15, 0.2) is 22.9 Å². The number of hydrogen-bond acceptors (Lipinski definition) is 6. The molecule has 4 aromatic heterocycles. The first-order valence-corrected chi connectivity index (χ1v) is 11.3. The molecular formula is C25H24F4N6O2. The second kappa shape index (κ2) is 10.4. The Morgan fingerprint density at radius 3 is 1.81 bits per heavy atom. The van der Waals surface area contributed by atoms with Crippen LogP contribution in [0, 0.1) is 40.0 Å². The average Bonchev–Trinajstić information content (AvgIpc) is 2.84. The van der Waals surface area contributed by atoms with E-state index in [9.17, 15) is 27.2 Å². The number of aromatic nitrogens is 4. The minimum absolute atomic E-state index is 0.0394. The van der Waals surface area contributed by atoms with Crippen LogP contribution in [0.5, 0.6) is 0 Å². The second-order valence-corrected chi connectivity index (χ2v) is 8.94. The zero-order valence-corrected chi connectivity index (χ0v) is 20.6. The molecule has 0 atom stereocenters. The first-order chi connectivity index (χ1) is 17.3. The standard InChI is InChI=1S/C15H15F2N3O.C10H9F2N3O/c1-4-11-12(17)14(21)20-7-9(6-15(2,3)8-18)5-10(16)13(20)19-11;1-2-7-8(12)10(16)15-4-5(13)3-6(11)9(15)14-7/h5,7H,4,6H2,1-3H3;3-4H,2,13H2,1H3. The van der Waals surface area contributed by atoms with Crippen LogP contribution in [0.4, 0.5) is 23.2 Å². The second-order valence-electron chi connectivity index (χ2n) is 8.94. The third-order valence-electron chi connectivity index (χ3n) is 5.48. The molecule has 4 heterocycles. The van der Waals surface area contributed by atoms with Crippen LogP contribution in [0.3, 0.4) is 0 Å². The molecule has 4 aromatic rings. The van der Waals surface area contributed by atoms with Gasteiger partial charge in [0.25, 0.3) is 11.1 Å². The smallest absolute Gasteiger partial charge is 0.294 e. The fourth-order valence-corrected chi connectivity index (χ4v) is 3.63. The average molecular weight is 516 g/mol. The summed E-state index contributed by atoms with van der Waals surface area (Å²) < 4.78 is 56.5. The van der Waals surface area contributed by atoms with Gasteiger partial charge < -0.3 is 5.73 Å². The number of nitrogen functional groups attached to an aromatic ring is 1. The lowest BCUT2D eigenvalue weighted by Gasteiger charge is -2.15. The summed E-state index contributed by atoms with van der Waals surface area (Å²) in [4.78, 5) is 31.1. The molecule has 0 aromatic carbocycles. The molecule has 2 N–H and O–H groups in total. The molecule has 12 heteroatoms. The van der Waals surface area contributed by atoms with E-state index in [0.717, 1.165) is 21.1 Å². The van der Waals surface area contributed by atoms with E-state index in [-0.39, 0.29) is 47.6 Å². The van der Waals surface area contributed by atoms with E-state index in [4.69, 9.17) is 11.0 Å². The summed E-state index contributed by atoms with van der Waals surface area (Å²) in [6.45, 7) is 6.69. The van der Waals surface area contributed by atoms with E-state index in [2.05, 4.69) is 16.0 Å². The van der Waals surface area contributed by atoms with Gasteiger partial charge in [-0.15, -0.1) is 0 Å². The van der Waals surface area contributed by atoms with Crippen LogP contribution in [0.1, 0.15) is 44.6 Å². The summed E-state index contributed by atoms with van der Waals surface area (Å²) in [6, 6.07) is 4.38. The maximum atomic E-state index is 14.1. The number of nitriles is 1. The Morgan fingerprint density at radius 2 is 1.35 bits per heavy atom. The van der Waals surface area contributed by atoms with Gasteiger partial charge in [-0.3, -0.25) is 18.4 Å². The summed E-state index contributed by atoms with van der Waals surface area (Å²) in [5.41, 5.74) is 2.77. The molecule has 4 rings (SSSR count). The predicted octanol–water partition coefficient (Wildman–Crippen LogP) is 3.74. The molecule has 0 bridgehead atoms. The van der Waals surface area contributed by atoms with Crippen molar-refractivity contribution in [1.82, 2.24) is 18.8 Å². The molecule has 0 spiro atoms. The topological polar surface area (TPSA) is 119 Å². The highest BCUT2D eigenvalue weighted by molar-refractivity contribution is 5.49. The van der Waals surface area contributed by atoms with Crippen molar-refractivity contribution < 1.29 is 17.6 Å². The summed E-state index contributed by atoms with van der Waals surface area (Å²) in [5.74, 6) is -3.38. The van der Waals surface area contributed by atoms with Crippen molar-refractivity contribution in [3.63, 3.8) is 0 Å². The van der Waals surface area contributed by atoms with Gasteiger partial charge in [-0.05, 0) is 44.7 Å². The molecule has 0 saturated carbocycles. The number of nitrogens with zero attached hydrogens (tertiary/aromatic N) is 5. The van der Waals surface area contributed by atoms with Crippen LogP contribution in [-0.4, -0.2) is 18.8 Å². The van der Waals surface area contributed by atoms with Crippen molar-refractivity contribution in [3.05, 3.63) is 85.5 Å². The van der Waals surface area contributed by atoms with Crippen molar-refractivity contribution in [3.8, 4) is 6.07 Å². The molecule has 0 saturated heterocycles. The lowest BCUT2D eigenvalue weighted by atomic mass is 9.88. The molecule has 0 aliphatic carbocycles. The number of aryl methyl sites for hydroxylation is 2. The quantitative estimate of drug-likeness (QED) is 0.413. The van der Waals surface area contributed by atoms with Crippen molar-refractivity contribution in [2.24, 2.45) is 5.41 Å². The number of nitrogens with two attached hydrogens (primary N) is 1. The van der Waals surface area contributed by atoms with Gasteiger partial charge in [0, 0.05) is 18.5 Å². The van der Waals surface area contributed by atoms with E-state index in [1.807, 2.05) is 0 Å². The maximum Gasteiger partial charge on any atom is 0.294 e. The Kier molecular flexibility index (Phi) is 7.66. The highest BCUT2D eigenvalue weighted by atomic mass is 19.1. The molecule has 0 amide bonds. The minimum Gasteiger partial charge on any atom is -0.397 e. The van der Waals surface area contributed by atoms with Crippen molar-refractivity contribution >= 4 is 17.0 Å². The van der Waals surface area contributed by atoms with Gasteiger partial charge in [0.2, 0.25) is 11.6 Å². The molecule has 0 aliphatic rings. The maximum absolute atomic E-state index is 14.1. The molecule has 0 unspecified atom stereocenters. The highest BCUT2D eigenvalue weighted by Gasteiger charge is 2.20. The fraction of sp³-hybridized carbons (Fsp3) is 0.320. The molecule has 0 aliphatic heterocycles. The van der Waals surface area contributed by atoms with Crippen LogP contribution < -0.4 is 16.9 Å². The van der Waals surface area contributed by atoms with Gasteiger partial charge in [-0.2, -0.15) is 14.0 Å². The van der Waals surface area contributed by atoms with E-state index in [0.29, 0.717) is 5.56 Å². The Balaban J connectivity index is 0.000000213. The van der Waals surface area contributed by atoms with Crippen LogP contribution in [-0.2, 0) is 19.3 Å². The minimum atomic E-state index is -0.968. The van der Waals surface area contributed by atoms with Gasteiger partial charge >= 0.3 is 0 Å². The van der Waals surface area contributed by atoms with Crippen LogP contribution in [0.15, 0.2) is 34.1 Å². The Morgan fingerprint density at radius 1 is 0.892 bits per heavy atom. The molecule has 194 valence electrons. The van der Waals surface area contributed by atoms with E-state index in [1.54, 1.807) is 27.7 Å². The summed E-state index contributed by atoms with van der Waals surface area (Å²) in [7, 11) is 0. The summed E-state index contributed by atoms with van der Waals surface area (Å²) >= 11 is 0. The molecule has 0 radical (unpaired) electrons. The Bertz CT molecular complexity index is 1670.